The van der Waals surface area contributed by atoms with Crippen LogP contribution in [0.3, 0.4) is 0 Å². The Morgan fingerprint density at radius 2 is 2.11 bits per heavy atom. The maximum atomic E-state index is 13.9. The van der Waals surface area contributed by atoms with E-state index in [4.69, 9.17) is 17.4 Å². The van der Waals surface area contributed by atoms with Gasteiger partial charge in [-0.05, 0) is 54.9 Å². The smallest absolute Gasteiger partial charge is 0.126 e. The fourth-order valence-corrected chi connectivity index (χ4v) is 3.59. The van der Waals surface area contributed by atoms with Crippen molar-refractivity contribution in [3.8, 4) is 0 Å². The second-order valence-corrected chi connectivity index (χ2v) is 6.02. The van der Waals surface area contributed by atoms with Crippen LogP contribution in [0.5, 0.6) is 0 Å². The molecule has 0 amide bonds. The topological polar surface area (TPSA) is 38.0 Å². The summed E-state index contributed by atoms with van der Waals surface area (Å²) < 4.78 is 13.9. The summed E-state index contributed by atoms with van der Waals surface area (Å²) in [4.78, 5) is 0. The number of rotatable bonds is 5. The number of hydrazine groups is 1. The molecule has 1 atom stereocenters. The van der Waals surface area contributed by atoms with Crippen LogP contribution in [0.1, 0.15) is 44.6 Å². The van der Waals surface area contributed by atoms with Gasteiger partial charge in [-0.15, -0.1) is 0 Å². The highest BCUT2D eigenvalue weighted by atomic mass is 35.5. The molecule has 0 radical (unpaired) electrons. The van der Waals surface area contributed by atoms with E-state index >= 15 is 0 Å². The number of hydrogen-bond donors (Lipinski definition) is 2. The molecular weight excluding hydrogens is 263 g/mol. The molecule has 2 nitrogen and oxygen atoms in total. The van der Waals surface area contributed by atoms with E-state index in [2.05, 4.69) is 12.3 Å². The number of benzene rings is 1. The van der Waals surface area contributed by atoms with Crippen molar-refractivity contribution in [2.45, 2.75) is 51.5 Å². The van der Waals surface area contributed by atoms with Crippen molar-refractivity contribution in [2.75, 3.05) is 0 Å². The highest BCUT2D eigenvalue weighted by Gasteiger charge is 2.39. The average molecular weight is 285 g/mol. The molecule has 2 rings (SSSR count). The van der Waals surface area contributed by atoms with Gasteiger partial charge in [0.15, 0.2) is 0 Å². The third-order valence-electron chi connectivity index (χ3n) is 4.68. The first-order valence-electron chi connectivity index (χ1n) is 7.01. The Bertz CT molecular complexity index is 430. The van der Waals surface area contributed by atoms with Gasteiger partial charge in [-0.25, -0.2) is 4.39 Å². The number of hydrogen-bond acceptors (Lipinski definition) is 2. The zero-order chi connectivity index (χ0) is 13.9. The minimum absolute atomic E-state index is 0.105. The third kappa shape index (κ3) is 3.10. The van der Waals surface area contributed by atoms with Crippen molar-refractivity contribution in [1.82, 2.24) is 5.43 Å². The minimum Gasteiger partial charge on any atom is -0.271 e. The van der Waals surface area contributed by atoms with Crippen LogP contribution >= 0.6 is 11.6 Å². The maximum absolute atomic E-state index is 13.9. The maximum Gasteiger partial charge on any atom is 0.126 e. The van der Waals surface area contributed by atoms with E-state index in [1.54, 1.807) is 12.1 Å². The highest BCUT2D eigenvalue weighted by molar-refractivity contribution is 6.30. The second-order valence-electron chi connectivity index (χ2n) is 5.58. The van der Waals surface area contributed by atoms with Gasteiger partial charge in [-0.1, -0.05) is 31.4 Å². The zero-order valence-electron chi connectivity index (χ0n) is 11.4. The van der Waals surface area contributed by atoms with Gasteiger partial charge in [-0.2, -0.15) is 0 Å². The lowest BCUT2D eigenvalue weighted by Crippen LogP contribution is -2.48. The standard InChI is InChI=1S/C15H22ClFN2/c1-2-15(7-3-4-8-15)14(19-18)10-11-9-12(16)5-6-13(11)17/h5-6,9,14,19H,2-4,7-8,10,18H2,1H3. The van der Waals surface area contributed by atoms with E-state index in [1.807, 2.05) is 0 Å². The SMILES string of the molecule is CCC1(C(Cc2cc(Cl)ccc2F)NN)CCCC1. The van der Waals surface area contributed by atoms with Gasteiger partial charge in [-0.3, -0.25) is 11.3 Å². The van der Waals surface area contributed by atoms with Crippen LogP contribution in [0.4, 0.5) is 4.39 Å². The van der Waals surface area contributed by atoms with Crippen molar-refractivity contribution in [3.05, 3.63) is 34.6 Å². The van der Waals surface area contributed by atoms with Crippen molar-refractivity contribution in [2.24, 2.45) is 11.3 Å². The molecule has 106 valence electrons. The van der Waals surface area contributed by atoms with E-state index in [-0.39, 0.29) is 17.3 Å². The molecule has 1 aromatic rings. The van der Waals surface area contributed by atoms with Gasteiger partial charge in [0.25, 0.3) is 0 Å². The van der Waals surface area contributed by atoms with Crippen molar-refractivity contribution in [3.63, 3.8) is 0 Å². The molecule has 19 heavy (non-hydrogen) atoms. The van der Waals surface area contributed by atoms with Gasteiger partial charge in [0, 0.05) is 11.1 Å². The molecule has 0 aromatic heterocycles. The summed E-state index contributed by atoms with van der Waals surface area (Å²) in [5.41, 5.74) is 3.77. The molecule has 0 spiro atoms. The summed E-state index contributed by atoms with van der Waals surface area (Å²) in [6, 6.07) is 4.82. The van der Waals surface area contributed by atoms with E-state index in [9.17, 15) is 4.39 Å². The summed E-state index contributed by atoms with van der Waals surface area (Å²) in [5.74, 6) is 5.54. The van der Waals surface area contributed by atoms with Gasteiger partial charge < -0.3 is 0 Å². The van der Waals surface area contributed by atoms with Crippen molar-refractivity contribution < 1.29 is 4.39 Å². The first-order valence-corrected chi connectivity index (χ1v) is 7.39. The Hall–Kier alpha value is -0.640. The van der Waals surface area contributed by atoms with Gasteiger partial charge in [0.2, 0.25) is 0 Å². The summed E-state index contributed by atoms with van der Waals surface area (Å²) >= 11 is 5.95. The molecule has 0 heterocycles. The summed E-state index contributed by atoms with van der Waals surface area (Å²) in [6.07, 6.45) is 6.48. The molecule has 4 heteroatoms. The molecule has 0 aliphatic heterocycles. The van der Waals surface area contributed by atoms with Gasteiger partial charge in [0.1, 0.15) is 5.82 Å². The average Bonchev–Trinajstić information content (AvgIpc) is 2.89. The Balaban J connectivity index is 2.21. The van der Waals surface area contributed by atoms with Crippen LogP contribution in [-0.4, -0.2) is 6.04 Å². The van der Waals surface area contributed by atoms with Crippen LogP contribution in [-0.2, 0) is 6.42 Å². The minimum atomic E-state index is -0.200. The monoisotopic (exact) mass is 284 g/mol. The van der Waals surface area contributed by atoms with Crippen molar-refractivity contribution in [1.29, 1.82) is 0 Å². The molecule has 1 aliphatic carbocycles. The summed E-state index contributed by atoms with van der Waals surface area (Å²) in [7, 11) is 0. The van der Waals surface area contributed by atoms with E-state index in [0.29, 0.717) is 17.0 Å². The Kier molecular flexibility index (Phi) is 4.82. The molecule has 0 bridgehead atoms. The molecule has 1 unspecified atom stereocenters. The normalized spacial score (nSPS) is 19.6. The van der Waals surface area contributed by atoms with Crippen LogP contribution in [0, 0.1) is 11.2 Å². The first kappa shape index (κ1) is 14.8. The number of halogens is 2. The number of nitrogens with two attached hydrogens (primary N) is 1. The van der Waals surface area contributed by atoms with Crippen LogP contribution in [0.2, 0.25) is 5.02 Å². The molecular formula is C15H22ClFN2. The second kappa shape index (κ2) is 6.21. The summed E-state index contributed by atoms with van der Waals surface area (Å²) in [5, 5.41) is 0.573. The zero-order valence-corrected chi connectivity index (χ0v) is 12.1. The molecule has 1 saturated carbocycles. The molecule has 3 N–H and O–H groups in total. The predicted molar refractivity (Wildman–Crippen MR) is 77.4 cm³/mol. The van der Waals surface area contributed by atoms with E-state index in [0.717, 1.165) is 6.42 Å². The Morgan fingerprint density at radius 3 is 2.68 bits per heavy atom. The molecule has 0 saturated heterocycles. The van der Waals surface area contributed by atoms with Crippen molar-refractivity contribution >= 4 is 11.6 Å². The van der Waals surface area contributed by atoms with Crippen LogP contribution in [0.15, 0.2) is 18.2 Å². The fraction of sp³-hybridized carbons (Fsp3) is 0.600. The predicted octanol–water partition coefficient (Wildman–Crippen LogP) is 3.82. The molecule has 1 fully saturated rings. The molecule has 1 aliphatic rings. The van der Waals surface area contributed by atoms with Gasteiger partial charge >= 0.3 is 0 Å². The lowest BCUT2D eigenvalue weighted by Gasteiger charge is -2.36. The van der Waals surface area contributed by atoms with Crippen LogP contribution < -0.4 is 11.3 Å². The highest BCUT2D eigenvalue weighted by Crippen LogP contribution is 2.44. The van der Waals surface area contributed by atoms with E-state index in [1.165, 1.54) is 31.7 Å². The van der Waals surface area contributed by atoms with Crippen LogP contribution in [0.25, 0.3) is 0 Å². The van der Waals surface area contributed by atoms with Gasteiger partial charge in [0.05, 0.1) is 0 Å². The Labute approximate surface area is 119 Å². The first-order chi connectivity index (χ1) is 9.11. The molecule has 1 aromatic carbocycles. The fourth-order valence-electron chi connectivity index (χ4n) is 3.40. The quantitative estimate of drug-likeness (QED) is 0.637. The van der Waals surface area contributed by atoms with E-state index < -0.39 is 0 Å². The lowest BCUT2D eigenvalue weighted by molar-refractivity contribution is 0.184. The third-order valence-corrected chi connectivity index (χ3v) is 4.91. The Morgan fingerprint density at radius 1 is 1.42 bits per heavy atom. The lowest BCUT2D eigenvalue weighted by atomic mass is 9.74. The summed E-state index contributed by atoms with van der Waals surface area (Å²) in [6.45, 7) is 2.20. The number of nitrogens with one attached hydrogen (secondary N) is 1. The largest absolute Gasteiger partial charge is 0.271 e.